The van der Waals surface area contributed by atoms with E-state index < -0.39 is 0 Å². The Morgan fingerprint density at radius 3 is 2.45 bits per heavy atom. The maximum atomic E-state index is 12.9. The molecule has 0 N–H and O–H groups in total. The molecule has 0 atom stereocenters. The molecular formula is C23H24Cl2N2O2S2. The Morgan fingerprint density at radius 2 is 1.81 bits per heavy atom. The van der Waals surface area contributed by atoms with Crippen LogP contribution >= 0.6 is 47.2 Å². The van der Waals surface area contributed by atoms with Gasteiger partial charge in [0.2, 0.25) is 0 Å². The maximum absolute atomic E-state index is 12.9. The number of carbonyl (C=O) groups excluding carboxylic acids is 1. The van der Waals surface area contributed by atoms with Crippen LogP contribution < -0.4 is 9.64 Å². The summed E-state index contributed by atoms with van der Waals surface area (Å²) in [5.74, 6) is 0.619. The van der Waals surface area contributed by atoms with E-state index in [4.69, 9.17) is 40.2 Å². The van der Waals surface area contributed by atoms with Crippen LogP contribution in [-0.4, -0.2) is 41.4 Å². The second-order valence-corrected chi connectivity index (χ2v) is 9.40. The van der Waals surface area contributed by atoms with Crippen LogP contribution in [0.1, 0.15) is 25.8 Å². The molecule has 164 valence electrons. The van der Waals surface area contributed by atoms with E-state index in [0.717, 1.165) is 43.1 Å². The van der Waals surface area contributed by atoms with Crippen molar-refractivity contribution in [2.24, 2.45) is 0 Å². The van der Waals surface area contributed by atoms with Crippen LogP contribution in [0.4, 0.5) is 5.69 Å². The van der Waals surface area contributed by atoms with Crippen molar-refractivity contribution in [1.82, 2.24) is 4.90 Å². The molecule has 0 bridgehead atoms. The first-order valence-electron chi connectivity index (χ1n) is 10.1. The molecule has 0 aromatic heterocycles. The normalized spacial score (nSPS) is 15.4. The number of benzene rings is 2. The number of carbonyl (C=O) groups is 1. The van der Waals surface area contributed by atoms with Gasteiger partial charge in [-0.2, -0.15) is 0 Å². The van der Waals surface area contributed by atoms with Crippen molar-refractivity contribution in [2.45, 2.75) is 20.3 Å². The largest absolute Gasteiger partial charge is 0.494 e. The highest BCUT2D eigenvalue weighted by Gasteiger charge is 2.33. The van der Waals surface area contributed by atoms with Gasteiger partial charge in [0.25, 0.3) is 5.91 Å². The second-order valence-electron chi connectivity index (χ2n) is 6.91. The Morgan fingerprint density at radius 1 is 1.10 bits per heavy atom. The zero-order chi connectivity index (χ0) is 22.4. The molecule has 1 saturated heterocycles. The van der Waals surface area contributed by atoms with Gasteiger partial charge < -0.3 is 9.64 Å². The lowest BCUT2D eigenvalue weighted by molar-refractivity contribution is -0.113. The number of amides is 1. The topological polar surface area (TPSA) is 32.8 Å². The van der Waals surface area contributed by atoms with Crippen molar-refractivity contribution in [3.05, 3.63) is 63.0 Å². The minimum absolute atomic E-state index is 0.158. The molecular weight excluding hydrogens is 471 g/mol. The number of anilines is 1. The molecule has 0 radical (unpaired) electrons. The summed E-state index contributed by atoms with van der Waals surface area (Å²) in [6.07, 6.45) is 2.74. The molecule has 0 aliphatic carbocycles. The fourth-order valence-electron chi connectivity index (χ4n) is 3.15. The van der Waals surface area contributed by atoms with Gasteiger partial charge in [-0.25, -0.2) is 0 Å². The molecule has 4 nitrogen and oxygen atoms in total. The highest BCUT2D eigenvalue weighted by Crippen LogP contribution is 2.37. The first-order valence-corrected chi connectivity index (χ1v) is 12.1. The van der Waals surface area contributed by atoms with E-state index in [2.05, 4.69) is 18.7 Å². The first-order chi connectivity index (χ1) is 14.9. The van der Waals surface area contributed by atoms with Crippen molar-refractivity contribution >= 4 is 69.2 Å². The predicted molar refractivity (Wildman–Crippen MR) is 136 cm³/mol. The molecule has 1 aliphatic rings. The minimum atomic E-state index is -0.158. The molecule has 3 rings (SSSR count). The number of nitrogens with zero attached hydrogens (tertiary/aromatic N) is 2. The molecule has 0 spiro atoms. The highest BCUT2D eigenvalue weighted by molar-refractivity contribution is 8.27. The van der Waals surface area contributed by atoms with Crippen LogP contribution in [-0.2, 0) is 4.79 Å². The number of hydrogen-bond donors (Lipinski definition) is 0. The Labute approximate surface area is 203 Å². The second kappa shape index (κ2) is 11.3. The third-order valence-corrected chi connectivity index (χ3v) is 6.95. The van der Waals surface area contributed by atoms with Crippen molar-refractivity contribution in [1.29, 1.82) is 0 Å². The summed E-state index contributed by atoms with van der Waals surface area (Å²) in [6, 6.07) is 12.7. The number of halogens is 2. The molecule has 1 aliphatic heterocycles. The molecule has 2 aromatic rings. The zero-order valence-corrected chi connectivity index (χ0v) is 20.6. The SMILES string of the molecule is CCN(CC)CCCOc1ccc(N2C(=O)C(=Cc3ccc(Cl)c(Cl)c3)SC2=S)cc1. The van der Waals surface area contributed by atoms with Crippen molar-refractivity contribution in [3.8, 4) is 5.75 Å². The monoisotopic (exact) mass is 494 g/mol. The smallest absolute Gasteiger partial charge is 0.270 e. The molecule has 0 unspecified atom stereocenters. The van der Waals surface area contributed by atoms with Gasteiger partial charge in [0.05, 0.1) is 27.2 Å². The van der Waals surface area contributed by atoms with Crippen LogP contribution in [0.25, 0.3) is 6.08 Å². The Hall–Kier alpha value is -1.57. The summed E-state index contributed by atoms with van der Waals surface area (Å²) in [5, 5.41) is 0.917. The summed E-state index contributed by atoms with van der Waals surface area (Å²) in [4.78, 5) is 17.4. The standard InChI is InChI=1S/C23H24Cl2N2O2S2/c1-3-26(4-2)12-5-13-29-18-9-7-17(8-10-18)27-22(28)21(31-23(27)30)15-16-6-11-19(24)20(25)14-16/h6-11,14-15H,3-5,12-13H2,1-2H3. The van der Waals surface area contributed by atoms with E-state index in [0.29, 0.717) is 25.9 Å². The third-order valence-electron chi connectivity index (χ3n) is 4.91. The molecule has 2 aromatic carbocycles. The summed E-state index contributed by atoms with van der Waals surface area (Å²) in [7, 11) is 0. The Kier molecular flexibility index (Phi) is 8.81. The van der Waals surface area contributed by atoms with E-state index in [9.17, 15) is 4.79 Å². The first kappa shape index (κ1) is 24.1. The molecule has 1 fully saturated rings. The van der Waals surface area contributed by atoms with E-state index in [1.807, 2.05) is 30.3 Å². The third kappa shape index (κ3) is 6.24. The van der Waals surface area contributed by atoms with E-state index in [-0.39, 0.29) is 5.91 Å². The van der Waals surface area contributed by atoms with Crippen molar-refractivity contribution < 1.29 is 9.53 Å². The van der Waals surface area contributed by atoms with Crippen LogP contribution in [0.5, 0.6) is 5.75 Å². The quantitative estimate of drug-likeness (QED) is 0.225. The lowest BCUT2D eigenvalue weighted by atomic mass is 10.2. The maximum Gasteiger partial charge on any atom is 0.270 e. The number of thiocarbonyl (C=S) groups is 1. The summed E-state index contributed by atoms with van der Waals surface area (Å²) >= 11 is 18.8. The summed E-state index contributed by atoms with van der Waals surface area (Å²) in [5.41, 5.74) is 1.51. The van der Waals surface area contributed by atoms with Crippen LogP contribution in [0.15, 0.2) is 47.4 Å². The van der Waals surface area contributed by atoms with Crippen molar-refractivity contribution in [3.63, 3.8) is 0 Å². The fraction of sp³-hybridized carbons (Fsp3) is 0.304. The zero-order valence-electron chi connectivity index (χ0n) is 17.4. The summed E-state index contributed by atoms with van der Waals surface area (Å²) < 4.78 is 6.32. The highest BCUT2D eigenvalue weighted by atomic mass is 35.5. The van der Waals surface area contributed by atoms with Gasteiger partial charge in [0, 0.05) is 6.54 Å². The van der Waals surface area contributed by atoms with Gasteiger partial charge in [0.15, 0.2) is 4.32 Å². The molecule has 1 amide bonds. The minimum Gasteiger partial charge on any atom is -0.494 e. The van der Waals surface area contributed by atoms with Gasteiger partial charge in [-0.05, 0) is 67.5 Å². The number of ether oxygens (including phenoxy) is 1. The number of rotatable bonds is 9. The lowest BCUT2D eigenvalue weighted by Gasteiger charge is -2.18. The van der Waals surface area contributed by atoms with Crippen LogP contribution in [0, 0.1) is 0 Å². The Balaban J connectivity index is 1.63. The van der Waals surface area contributed by atoms with E-state index in [1.54, 1.807) is 18.2 Å². The van der Waals surface area contributed by atoms with Crippen molar-refractivity contribution in [2.75, 3.05) is 31.1 Å². The average Bonchev–Trinajstić information content (AvgIpc) is 3.04. The van der Waals surface area contributed by atoms with Gasteiger partial charge >= 0.3 is 0 Å². The molecule has 31 heavy (non-hydrogen) atoms. The van der Waals surface area contributed by atoms with E-state index in [1.165, 1.54) is 16.7 Å². The average molecular weight is 495 g/mol. The van der Waals surface area contributed by atoms with Crippen LogP contribution in [0.2, 0.25) is 10.0 Å². The molecule has 8 heteroatoms. The fourth-order valence-corrected chi connectivity index (χ4v) is 4.76. The van der Waals surface area contributed by atoms with E-state index >= 15 is 0 Å². The predicted octanol–water partition coefficient (Wildman–Crippen LogP) is 6.51. The number of hydrogen-bond acceptors (Lipinski definition) is 5. The van der Waals surface area contributed by atoms with Gasteiger partial charge in [0.1, 0.15) is 5.75 Å². The summed E-state index contributed by atoms with van der Waals surface area (Å²) in [6.45, 7) is 8.10. The van der Waals surface area contributed by atoms with Crippen LogP contribution in [0.3, 0.4) is 0 Å². The van der Waals surface area contributed by atoms with Gasteiger partial charge in [-0.3, -0.25) is 9.69 Å². The Bertz CT molecular complexity index is 976. The molecule has 1 heterocycles. The van der Waals surface area contributed by atoms with Gasteiger partial charge in [-0.15, -0.1) is 0 Å². The molecule has 0 saturated carbocycles. The number of thioether (sulfide) groups is 1. The lowest BCUT2D eigenvalue weighted by Crippen LogP contribution is -2.27. The van der Waals surface area contributed by atoms with Gasteiger partial charge in [-0.1, -0.05) is 67.1 Å².